The molecule has 12 heteroatoms. The predicted octanol–water partition coefficient (Wildman–Crippen LogP) is 5.52. The number of amides is 1. The molecule has 258 valence electrons. The summed E-state index contributed by atoms with van der Waals surface area (Å²) in [4.78, 5) is 40.6. The lowest BCUT2D eigenvalue weighted by molar-refractivity contribution is -0.143. The summed E-state index contributed by atoms with van der Waals surface area (Å²) < 4.78 is 48.8. The molecular formula is C35H47F3N4O5. The van der Waals surface area contributed by atoms with E-state index in [-0.39, 0.29) is 12.1 Å². The molecule has 47 heavy (non-hydrogen) atoms. The Balaban J connectivity index is 0.000000264. The molecule has 0 aliphatic carbocycles. The van der Waals surface area contributed by atoms with E-state index < -0.39 is 17.3 Å². The monoisotopic (exact) mass is 660 g/mol. The predicted molar refractivity (Wildman–Crippen MR) is 172 cm³/mol. The van der Waals surface area contributed by atoms with E-state index in [0.717, 1.165) is 55.6 Å². The van der Waals surface area contributed by atoms with E-state index in [0.29, 0.717) is 70.2 Å². The fourth-order valence-corrected chi connectivity index (χ4v) is 6.30. The number of carbonyl (C=O) groups excluding carboxylic acids is 3. The first-order valence-electron chi connectivity index (χ1n) is 16.5. The highest BCUT2D eigenvalue weighted by molar-refractivity contribution is 5.75. The zero-order valence-corrected chi connectivity index (χ0v) is 27.4. The molecule has 0 atom stereocenters. The number of likely N-dealkylation sites (tertiary alicyclic amines) is 2. The Labute approximate surface area is 275 Å². The summed E-state index contributed by atoms with van der Waals surface area (Å²) in [6, 6.07) is 13.0. The van der Waals surface area contributed by atoms with Gasteiger partial charge < -0.3 is 19.7 Å². The second-order valence-electron chi connectivity index (χ2n) is 12.6. The molecule has 0 saturated carbocycles. The number of piperidine rings is 2. The van der Waals surface area contributed by atoms with Crippen LogP contribution in [0.3, 0.4) is 0 Å². The number of halogens is 3. The molecule has 9 nitrogen and oxygen atoms in total. The summed E-state index contributed by atoms with van der Waals surface area (Å²) in [5.41, 5.74) is 1.18. The lowest BCUT2D eigenvalue weighted by atomic mass is 9.91. The van der Waals surface area contributed by atoms with Crippen LogP contribution in [0.5, 0.6) is 0 Å². The number of nitrogens with zero attached hydrogens (tertiary/aromatic N) is 3. The molecule has 1 amide bonds. The molecule has 5 rings (SSSR count). The van der Waals surface area contributed by atoms with E-state index >= 15 is 0 Å². The lowest BCUT2D eigenvalue weighted by Gasteiger charge is -2.37. The molecule has 1 spiro atoms. The molecule has 2 aromatic rings. The summed E-state index contributed by atoms with van der Waals surface area (Å²) in [5.74, 6) is -0.0624. The van der Waals surface area contributed by atoms with E-state index in [1.54, 1.807) is 17.0 Å². The number of ether oxygens (including phenoxy) is 2. The summed E-state index contributed by atoms with van der Waals surface area (Å²) >= 11 is 0. The number of rotatable bonds is 11. The Morgan fingerprint density at radius 1 is 0.979 bits per heavy atom. The van der Waals surface area contributed by atoms with Gasteiger partial charge in [-0.2, -0.15) is 13.2 Å². The van der Waals surface area contributed by atoms with Crippen molar-refractivity contribution in [1.29, 1.82) is 0 Å². The third-order valence-electron chi connectivity index (χ3n) is 9.14. The Morgan fingerprint density at radius 2 is 1.60 bits per heavy atom. The standard InChI is InChI=1S/C23H23F3N2O3.C12H24N2O2/c24-23(25,26)20-7-5-17(6-8-20)13-27-11-9-22(10-12-27)16-28(21(30)31-22)14-18-1-3-19(15-29)4-2-18;1-3-16-12(15)5-4-8-14-9-6-11(13-2)7-10-14/h1-8,15H,9-14,16H2;11,13H,3-10H2,1-2H3. The number of hydrogen-bond acceptors (Lipinski definition) is 8. The number of hydrogen-bond donors (Lipinski definition) is 1. The Hall–Kier alpha value is -3.48. The number of aldehydes is 1. The van der Waals surface area contributed by atoms with Crippen LogP contribution in [-0.2, 0) is 33.5 Å². The van der Waals surface area contributed by atoms with Gasteiger partial charge in [0.05, 0.1) is 18.7 Å². The normalized spacial score (nSPS) is 18.8. The Morgan fingerprint density at radius 3 is 2.17 bits per heavy atom. The summed E-state index contributed by atoms with van der Waals surface area (Å²) in [6.45, 7) is 8.57. The molecule has 1 N–H and O–H groups in total. The summed E-state index contributed by atoms with van der Waals surface area (Å²) in [7, 11) is 2.03. The van der Waals surface area contributed by atoms with Crippen molar-refractivity contribution in [2.24, 2.45) is 0 Å². The van der Waals surface area contributed by atoms with Crippen LogP contribution in [0, 0.1) is 0 Å². The summed E-state index contributed by atoms with van der Waals surface area (Å²) in [6.07, 6.45) is 1.39. The van der Waals surface area contributed by atoms with Crippen molar-refractivity contribution >= 4 is 18.3 Å². The minimum absolute atomic E-state index is 0.0624. The minimum Gasteiger partial charge on any atom is -0.466 e. The van der Waals surface area contributed by atoms with E-state index in [9.17, 15) is 27.6 Å². The number of esters is 1. The number of alkyl halides is 3. The van der Waals surface area contributed by atoms with Gasteiger partial charge in [0.25, 0.3) is 0 Å². The maximum atomic E-state index is 12.7. The molecule has 3 saturated heterocycles. The molecule has 2 aromatic carbocycles. The van der Waals surface area contributed by atoms with Gasteiger partial charge in [0.2, 0.25) is 0 Å². The molecule has 0 aromatic heterocycles. The van der Waals surface area contributed by atoms with Crippen LogP contribution in [0.25, 0.3) is 0 Å². The fourth-order valence-electron chi connectivity index (χ4n) is 6.30. The molecule has 0 unspecified atom stereocenters. The van der Waals surface area contributed by atoms with Crippen LogP contribution in [-0.4, -0.2) is 97.6 Å². The quantitative estimate of drug-likeness (QED) is 0.249. The molecule has 3 heterocycles. The highest BCUT2D eigenvalue weighted by Gasteiger charge is 2.46. The van der Waals surface area contributed by atoms with Crippen LogP contribution in [0.15, 0.2) is 48.5 Å². The van der Waals surface area contributed by atoms with Gasteiger partial charge in [-0.15, -0.1) is 0 Å². The zero-order chi connectivity index (χ0) is 33.9. The SMILES string of the molecule is CCOC(=O)CCCN1CCC(NC)CC1.O=Cc1ccc(CN2CC3(CCN(Cc4ccc(C(F)(F)F)cc4)CC3)OC2=O)cc1. The fraction of sp³-hybridized carbons (Fsp3) is 0.571. The Kier molecular flexibility index (Phi) is 13.2. The maximum Gasteiger partial charge on any atom is 0.416 e. The second-order valence-corrected chi connectivity index (χ2v) is 12.6. The van der Waals surface area contributed by atoms with Crippen LogP contribution in [0.1, 0.15) is 72.5 Å². The molecule has 0 radical (unpaired) electrons. The molecular weight excluding hydrogens is 613 g/mol. The van der Waals surface area contributed by atoms with Crippen molar-refractivity contribution < 1.29 is 37.0 Å². The maximum absolute atomic E-state index is 12.7. The minimum atomic E-state index is -4.33. The van der Waals surface area contributed by atoms with Crippen molar-refractivity contribution in [2.75, 3.05) is 52.9 Å². The highest BCUT2D eigenvalue weighted by atomic mass is 19.4. The van der Waals surface area contributed by atoms with Crippen molar-refractivity contribution in [3.63, 3.8) is 0 Å². The van der Waals surface area contributed by atoms with Crippen LogP contribution >= 0.6 is 0 Å². The zero-order valence-electron chi connectivity index (χ0n) is 27.4. The van der Waals surface area contributed by atoms with Gasteiger partial charge in [-0.1, -0.05) is 36.4 Å². The number of carbonyl (C=O) groups is 3. The van der Waals surface area contributed by atoms with E-state index in [2.05, 4.69) is 15.1 Å². The third-order valence-corrected chi connectivity index (χ3v) is 9.14. The first-order valence-corrected chi connectivity index (χ1v) is 16.5. The second kappa shape index (κ2) is 17.1. The first-order chi connectivity index (χ1) is 22.5. The van der Waals surface area contributed by atoms with Crippen LogP contribution < -0.4 is 5.32 Å². The number of benzene rings is 2. The van der Waals surface area contributed by atoms with Crippen molar-refractivity contribution in [3.05, 3.63) is 70.8 Å². The molecule has 3 aliphatic rings. The highest BCUT2D eigenvalue weighted by Crippen LogP contribution is 2.35. The van der Waals surface area contributed by atoms with E-state index in [1.807, 2.05) is 26.1 Å². The van der Waals surface area contributed by atoms with Gasteiger partial charge in [-0.3, -0.25) is 19.4 Å². The van der Waals surface area contributed by atoms with Crippen molar-refractivity contribution in [2.45, 2.75) is 76.4 Å². The first kappa shape index (κ1) is 36.4. The van der Waals surface area contributed by atoms with Crippen molar-refractivity contribution in [3.8, 4) is 0 Å². The smallest absolute Gasteiger partial charge is 0.416 e. The van der Waals surface area contributed by atoms with Gasteiger partial charge in [-0.25, -0.2) is 4.79 Å². The van der Waals surface area contributed by atoms with Gasteiger partial charge in [0.15, 0.2) is 0 Å². The van der Waals surface area contributed by atoms with Crippen LogP contribution in [0.4, 0.5) is 18.0 Å². The lowest BCUT2D eigenvalue weighted by Crippen LogP contribution is -2.46. The molecule has 3 aliphatic heterocycles. The van der Waals surface area contributed by atoms with Gasteiger partial charge >= 0.3 is 18.2 Å². The van der Waals surface area contributed by atoms with Gasteiger partial charge in [0, 0.05) is 57.0 Å². The van der Waals surface area contributed by atoms with E-state index in [4.69, 9.17) is 9.47 Å². The topological polar surface area (TPSA) is 91.4 Å². The average molecular weight is 661 g/mol. The number of nitrogens with one attached hydrogen (secondary N) is 1. The largest absolute Gasteiger partial charge is 0.466 e. The average Bonchev–Trinajstić information content (AvgIpc) is 3.36. The van der Waals surface area contributed by atoms with Gasteiger partial charge in [0.1, 0.15) is 11.9 Å². The van der Waals surface area contributed by atoms with Crippen LogP contribution in [0.2, 0.25) is 0 Å². The Bertz CT molecular complexity index is 1290. The van der Waals surface area contributed by atoms with E-state index in [1.165, 1.54) is 25.0 Å². The molecule has 0 bridgehead atoms. The van der Waals surface area contributed by atoms with Gasteiger partial charge in [-0.05, 0) is 76.1 Å². The van der Waals surface area contributed by atoms with Crippen molar-refractivity contribution in [1.82, 2.24) is 20.0 Å². The summed E-state index contributed by atoms with van der Waals surface area (Å²) in [5, 5.41) is 3.31. The third kappa shape index (κ3) is 11.0. The molecule has 3 fully saturated rings.